The molecule has 23 heavy (non-hydrogen) atoms. The smallest absolute Gasteiger partial charge is 0.411 e. The van der Waals surface area contributed by atoms with E-state index < -0.39 is 28.0 Å². The molecule has 2 rings (SSSR count). The predicted octanol–water partition coefficient (Wildman–Crippen LogP) is 1.69. The highest BCUT2D eigenvalue weighted by Gasteiger charge is 2.22. The lowest BCUT2D eigenvalue weighted by atomic mass is 10.3. The Balaban J connectivity index is 1.85. The summed E-state index contributed by atoms with van der Waals surface area (Å²) < 4.78 is 27.2. The molecular weight excluding hydrogens is 322 g/mol. The first-order valence-electron chi connectivity index (χ1n) is 6.90. The van der Waals surface area contributed by atoms with Crippen LogP contribution in [0.4, 0.5) is 21.0 Å². The summed E-state index contributed by atoms with van der Waals surface area (Å²) in [7, 11) is -3.21. The lowest BCUT2D eigenvalue weighted by Gasteiger charge is -2.12. The van der Waals surface area contributed by atoms with Crippen molar-refractivity contribution in [2.75, 3.05) is 23.0 Å². The van der Waals surface area contributed by atoms with Gasteiger partial charge in [-0.3, -0.25) is 5.32 Å². The number of hydrogen-bond acceptors (Lipinski definition) is 5. The van der Waals surface area contributed by atoms with Crippen LogP contribution in [0.3, 0.4) is 0 Å². The van der Waals surface area contributed by atoms with Gasteiger partial charge in [0.15, 0.2) is 9.84 Å². The Morgan fingerprint density at radius 3 is 2.30 bits per heavy atom. The molecule has 0 aliphatic carbocycles. The SMILES string of the molecule is CCOC(=O)Nc1ccc(NC(=O)NC2C=CS(=O)(=O)C2)cc1. The standard InChI is InChI=1S/C14H17N3O5S/c1-2-22-14(19)17-11-5-3-10(4-6-11)15-13(18)16-12-7-8-23(20,21)9-12/h3-8,12H,2,9H2,1H3,(H,17,19)(H2,15,16,18). The van der Waals surface area contributed by atoms with Crippen LogP contribution in [0.25, 0.3) is 0 Å². The molecule has 1 aromatic carbocycles. The topological polar surface area (TPSA) is 114 Å². The molecule has 1 aliphatic heterocycles. The fourth-order valence-electron chi connectivity index (χ4n) is 1.92. The van der Waals surface area contributed by atoms with Gasteiger partial charge in [-0.2, -0.15) is 0 Å². The summed E-state index contributed by atoms with van der Waals surface area (Å²) >= 11 is 0. The largest absolute Gasteiger partial charge is 0.450 e. The average molecular weight is 339 g/mol. The normalized spacial score (nSPS) is 18.2. The maximum absolute atomic E-state index is 11.8. The highest BCUT2D eigenvalue weighted by molar-refractivity contribution is 7.94. The second-order valence-electron chi connectivity index (χ2n) is 4.79. The number of sulfone groups is 1. The Labute approximate surface area is 133 Å². The Morgan fingerprint density at radius 2 is 1.78 bits per heavy atom. The van der Waals surface area contributed by atoms with Crippen LogP contribution in [-0.4, -0.2) is 38.9 Å². The molecule has 9 heteroatoms. The molecule has 1 atom stereocenters. The van der Waals surface area contributed by atoms with E-state index >= 15 is 0 Å². The zero-order valence-electron chi connectivity index (χ0n) is 12.4. The molecule has 1 aliphatic rings. The van der Waals surface area contributed by atoms with E-state index in [1.165, 1.54) is 6.08 Å². The maximum Gasteiger partial charge on any atom is 0.411 e. The minimum atomic E-state index is -3.21. The first-order chi connectivity index (χ1) is 10.9. The van der Waals surface area contributed by atoms with Crippen molar-refractivity contribution in [3.63, 3.8) is 0 Å². The molecule has 0 bridgehead atoms. The maximum atomic E-state index is 11.8. The van der Waals surface area contributed by atoms with E-state index in [-0.39, 0.29) is 12.4 Å². The van der Waals surface area contributed by atoms with Crippen molar-refractivity contribution in [2.24, 2.45) is 0 Å². The summed E-state index contributed by atoms with van der Waals surface area (Å²) in [5.74, 6) is -0.136. The molecule has 1 heterocycles. The van der Waals surface area contributed by atoms with Crippen LogP contribution in [0, 0.1) is 0 Å². The second kappa shape index (κ2) is 7.14. The highest BCUT2D eigenvalue weighted by atomic mass is 32.2. The van der Waals surface area contributed by atoms with Crippen LogP contribution in [0.5, 0.6) is 0 Å². The molecule has 1 unspecified atom stereocenters. The van der Waals surface area contributed by atoms with Crippen molar-refractivity contribution in [3.05, 3.63) is 35.7 Å². The third-order valence-electron chi connectivity index (χ3n) is 2.91. The van der Waals surface area contributed by atoms with Crippen molar-refractivity contribution in [1.82, 2.24) is 5.32 Å². The van der Waals surface area contributed by atoms with Gasteiger partial charge < -0.3 is 15.4 Å². The van der Waals surface area contributed by atoms with Gasteiger partial charge in [-0.15, -0.1) is 0 Å². The van der Waals surface area contributed by atoms with Crippen LogP contribution in [0.15, 0.2) is 35.7 Å². The number of carbonyl (C=O) groups is 2. The number of rotatable bonds is 4. The molecule has 0 fully saturated rings. The van der Waals surface area contributed by atoms with Crippen molar-refractivity contribution < 1.29 is 22.7 Å². The van der Waals surface area contributed by atoms with E-state index in [4.69, 9.17) is 4.74 Å². The molecule has 8 nitrogen and oxygen atoms in total. The Hall–Kier alpha value is -2.55. The van der Waals surface area contributed by atoms with Gasteiger partial charge in [-0.25, -0.2) is 18.0 Å². The van der Waals surface area contributed by atoms with E-state index in [0.717, 1.165) is 5.41 Å². The molecule has 1 aromatic rings. The van der Waals surface area contributed by atoms with Crippen LogP contribution in [0.2, 0.25) is 0 Å². The van der Waals surface area contributed by atoms with E-state index in [1.807, 2.05) is 0 Å². The molecule has 0 saturated carbocycles. The van der Waals surface area contributed by atoms with Crippen LogP contribution < -0.4 is 16.0 Å². The van der Waals surface area contributed by atoms with Crippen LogP contribution in [-0.2, 0) is 14.6 Å². The molecule has 3 N–H and O–H groups in total. The lowest BCUT2D eigenvalue weighted by molar-refractivity contribution is 0.168. The van der Waals surface area contributed by atoms with Crippen LogP contribution in [0.1, 0.15) is 6.92 Å². The number of nitrogens with one attached hydrogen (secondary N) is 3. The van der Waals surface area contributed by atoms with Gasteiger partial charge in [0.2, 0.25) is 0 Å². The summed E-state index contributed by atoms with van der Waals surface area (Å²) in [4.78, 5) is 23.0. The summed E-state index contributed by atoms with van der Waals surface area (Å²) in [5.41, 5.74) is 1.03. The monoisotopic (exact) mass is 339 g/mol. The van der Waals surface area contributed by atoms with Gasteiger partial charge in [-0.05, 0) is 37.3 Å². The number of hydrogen-bond donors (Lipinski definition) is 3. The molecule has 3 amide bonds. The highest BCUT2D eigenvalue weighted by Crippen LogP contribution is 2.14. The fraction of sp³-hybridized carbons (Fsp3) is 0.286. The van der Waals surface area contributed by atoms with E-state index in [9.17, 15) is 18.0 Å². The molecule has 124 valence electrons. The van der Waals surface area contributed by atoms with Gasteiger partial charge in [0.1, 0.15) is 0 Å². The molecule has 0 radical (unpaired) electrons. The Kier molecular flexibility index (Phi) is 5.22. The Morgan fingerprint density at radius 1 is 1.17 bits per heavy atom. The molecule has 0 saturated heterocycles. The second-order valence-corrected chi connectivity index (χ2v) is 6.72. The quantitative estimate of drug-likeness (QED) is 0.772. The number of urea groups is 1. The zero-order chi connectivity index (χ0) is 16.9. The number of amides is 3. The number of anilines is 2. The minimum absolute atomic E-state index is 0.136. The third kappa shape index (κ3) is 5.29. The third-order valence-corrected chi connectivity index (χ3v) is 4.31. The van der Waals surface area contributed by atoms with Gasteiger partial charge >= 0.3 is 12.1 Å². The number of ether oxygens (including phenoxy) is 1. The van der Waals surface area contributed by atoms with Crippen LogP contribution >= 0.6 is 0 Å². The Bertz CT molecular complexity index is 712. The first kappa shape index (κ1) is 16.8. The number of carbonyl (C=O) groups excluding carboxylic acids is 2. The summed E-state index contributed by atoms with van der Waals surface area (Å²) in [5, 5.41) is 8.74. The molecular formula is C14H17N3O5S. The van der Waals surface area contributed by atoms with Gasteiger partial charge in [0, 0.05) is 16.8 Å². The van der Waals surface area contributed by atoms with Gasteiger partial charge in [0.05, 0.1) is 18.4 Å². The van der Waals surface area contributed by atoms with Crippen molar-refractivity contribution in [1.29, 1.82) is 0 Å². The van der Waals surface area contributed by atoms with Crippen molar-refractivity contribution in [2.45, 2.75) is 13.0 Å². The molecule has 0 spiro atoms. The van der Waals surface area contributed by atoms with Crippen molar-refractivity contribution in [3.8, 4) is 0 Å². The van der Waals surface area contributed by atoms with Gasteiger partial charge in [-0.1, -0.05) is 0 Å². The predicted molar refractivity (Wildman–Crippen MR) is 86.0 cm³/mol. The van der Waals surface area contributed by atoms with E-state index in [0.29, 0.717) is 11.4 Å². The fourth-order valence-corrected chi connectivity index (χ4v) is 3.16. The first-order valence-corrected chi connectivity index (χ1v) is 8.62. The van der Waals surface area contributed by atoms with Gasteiger partial charge in [0.25, 0.3) is 0 Å². The van der Waals surface area contributed by atoms with E-state index in [2.05, 4.69) is 16.0 Å². The summed E-state index contributed by atoms with van der Waals surface area (Å²) in [6.07, 6.45) is 0.876. The van der Waals surface area contributed by atoms with E-state index in [1.54, 1.807) is 31.2 Å². The number of benzene rings is 1. The average Bonchev–Trinajstić information content (AvgIpc) is 2.80. The lowest BCUT2D eigenvalue weighted by Crippen LogP contribution is -2.38. The summed E-state index contributed by atoms with van der Waals surface area (Å²) in [6.45, 7) is 1.98. The van der Waals surface area contributed by atoms with Crippen molar-refractivity contribution >= 4 is 33.3 Å². The summed E-state index contributed by atoms with van der Waals surface area (Å²) in [6, 6.07) is 5.36. The minimum Gasteiger partial charge on any atom is -0.450 e. The molecule has 0 aromatic heterocycles. The zero-order valence-corrected chi connectivity index (χ0v) is 13.2.